The number of carbonyl (C=O) groups excluding carboxylic acids is 1. The lowest BCUT2D eigenvalue weighted by molar-refractivity contribution is -0.118. The van der Waals surface area contributed by atoms with E-state index in [1.54, 1.807) is 24.3 Å². The molecule has 2 aromatic rings. The number of amides is 1. The summed E-state index contributed by atoms with van der Waals surface area (Å²) < 4.78 is 5.39. The van der Waals surface area contributed by atoms with E-state index in [0.717, 1.165) is 5.56 Å². The van der Waals surface area contributed by atoms with Crippen LogP contribution in [0, 0.1) is 0 Å². The van der Waals surface area contributed by atoms with Gasteiger partial charge in [0.15, 0.2) is 6.61 Å². The molecule has 0 heterocycles. The van der Waals surface area contributed by atoms with Gasteiger partial charge in [-0.2, -0.15) is 0 Å². The number of anilines is 1. The molecule has 0 aliphatic rings. The topological polar surface area (TPSA) is 38.3 Å². The number of ether oxygens (including phenoxy) is 1. The molecule has 1 atom stereocenters. The SMILES string of the molecule is CC(Cl)c1ccccc1NC(=O)COc1ccc(Cl)cc1. The van der Waals surface area contributed by atoms with Crippen molar-refractivity contribution in [1.82, 2.24) is 0 Å². The first-order valence-corrected chi connectivity index (χ1v) is 7.29. The molecule has 0 saturated carbocycles. The van der Waals surface area contributed by atoms with E-state index in [0.29, 0.717) is 16.5 Å². The molecule has 2 rings (SSSR count). The van der Waals surface area contributed by atoms with Crippen LogP contribution in [0.2, 0.25) is 5.02 Å². The van der Waals surface area contributed by atoms with Crippen LogP contribution in [-0.4, -0.2) is 12.5 Å². The summed E-state index contributed by atoms with van der Waals surface area (Å²) in [5.41, 5.74) is 1.57. The molecule has 0 radical (unpaired) electrons. The Balaban J connectivity index is 1.94. The number of rotatable bonds is 5. The van der Waals surface area contributed by atoms with E-state index >= 15 is 0 Å². The van der Waals surface area contributed by atoms with Gasteiger partial charge >= 0.3 is 0 Å². The third kappa shape index (κ3) is 4.66. The average Bonchev–Trinajstić information content (AvgIpc) is 2.47. The van der Waals surface area contributed by atoms with Crippen molar-refractivity contribution < 1.29 is 9.53 Å². The summed E-state index contributed by atoms with van der Waals surface area (Å²) in [6.45, 7) is 1.78. The Morgan fingerprint density at radius 2 is 1.86 bits per heavy atom. The van der Waals surface area contributed by atoms with Gasteiger partial charge in [-0.15, -0.1) is 11.6 Å². The Hall–Kier alpha value is -1.71. The van der Waals surface area contributed by atoms with Gasteiger partial charge in [-0.25, -0.2) is 0 Å². The van der Waals surface area contributed by atoms with Crippen LogP contribution in [-0.2, 0) is 4.79 Å². The van der Waals surface area contributed by atoms with Crippen molar-refractivity contribution in [3.63, 3.8) is 0 Å². The first-order chi connectivity index (χ1) is 10.1. The van der Waals surface area contributed by atoms with E-state index in [1.807, 2.05) is 31.2 Å². The van der Waals surface area contributed by atoms with E-state index in [2.05, 4.69) is 5.32 Å². The molecule has 1 unspecified atom stereocenters. The third-order valence-electron chi connectivity index (χ3n) is 2.85. The fraction of sp³-hybridized carbons (Fsp3) is 0.188. The third-order valence-corrected chi connectivity index (χ3v) is 3.33. The van der Waals surface area contributed by atoms with Crippen molar-refractivity contribution in [3.8, 4) is 5.75 Å². The van der Waals surface area contributed by atoms with Crippen LogP contribution in [0.15, 0.2) is 48.5 Å². The largest absolute Gasteiger partial charge is 0.484 e. The minimum atomic E-state index is -0.241. The van der Waals surface area contributed by atoms with E-state index in [4.69, 9.17) is 27.9 Å². The van der Waals surface area contributed by atoms with Gasteiger partial charge in [-0.05, 0) is 42.8 Å². The first kappa shape index (κ1) is 15.7. The van der Waals surface area contributed by atoms with E-state index < -0.39 is 0 Å². The summed E-state index contributed by atoms with van der Waals surface area (Å²) in [5.74, 6) is 0.350. The van der Waals surface area contributed by atoms with Crippen LogP contribution < -0.4 is 10.1 Å². The Kier molecular flexibility index (Phi) is 5.48. The zero-order chi connectivity index (χ0) is 15.2. The highest BCUT2D eigenvalue weighted by atomic mass is 35.5. The molecule has 0 aliphatic heterocycles. The molecule has 0 aliphatic carbocycles. The minimum absolute atomic E-state index is 0.0768. The molecule has 0 aromatic heterocycles. The lowest BCUT2D eigenvalue weighted by Crippen LogP contribution is -2.21. The fourth-order valence-corrected chi connectivity index (χ4v) is 2.14. The number of hydrogen-bond acceptors (Lipinski definition) is 2. The van der Waals surface area contributed by atoms with Crippen LogP contribution in [0.25, 0.3) is 0 Å². The summed E-state index contributed by atoms with van der Waals surface area (Å²) in [6.07, 6.45) is 0. The van der Waals surface area contributed by atoms with Crippen molar-refractivity contribution in [2.24, 2.45) is 0 Å². The Morgan fingerprint density at radius 1 is 1.19 bits per heavy atom. The van der Waals surface area contributed by atoms with Crippen molar-refractivity contribution in [2.75, 3.05) is 11.9 Å². The van der Waals surface area contributed by atoms with E-state index in [-0.39, 0.29) is 17.9 Å². The highest BCUT2D eigenvalue weighted by Gasteiger charge is 2.10. The molecule has 0 spiro atoms. The number of alkyl halides is 1. The highest BCUT2D eigenvalue weighted by molar-refractivity contribution is 6.30. The van der Waals surface area contributed by atoms with Crippen molar-refractivity contribution in [3.05, 3.63) is 59.1 Å². The first-order valence-electron chi connectivity index (χ1n) is 6.47. The Bertz CT molecular complexity index is 612. The van der Waals surface area contributed by atoms with Crippen LogP contribution in [0.3, 0.4) is 0 Å². The van der Waals surface area contributed by atoms with Gasteiger partial charge < -0.3 is 10.1 Å². The second-order valence-corrected chi connectivity index (χ2v) is 5.59. The Labute approximate surface area is 133 Å². The molecule has 0 fully saturated rings. The smallest absolute Gasteiger partial charge is 0.262 e. The van der Waals surface area contributed by atoms with Gasteiger partial charge in [0.1, 0.15) is 5.75 Å². The molecule has 1 N–H and O–H groups in total. The number of nitrogens with one attached hydrogen (secondary N) is 1. The molecule has 5 heteroatoms. The Morgan fingerprint density at radius 3 is 2.52 bits per heavy atom. The minimum Gasteiger partial charge on any atom is -0.484 e. The lowest BCUT2D eigenvalue weighted by atomic mass is 10.1. The van der Waals surface area contributed by atoms with Crippen LogP contribution in [0.1, 0.15) is 17.9 Å². The van der Waals surface area contributed by atoms with E-state index in [9.17, 15) is 4.79 Å². The monoisotopic (exact) mass is 323 g/mol. The summed E-state index contributed by atoms with van der Waals surface area (Å²) in [7, 11) is 0. The zero-order valence-electron chi connectivity index (χ0n) is 11.5. The maximum atomic E-state index is 11.9. The summed E-state index contributed by atoms with van der Waals surface area (Å²) >= 11 is 11.9. The molecule has 21 heavy (non-hydrogen) atoms. The van der Waals surface area contributed by atoms with Gasteiger partial charge in [0.25, 0.3) is 5.91 Å². The molecule has 0 saturated heterocycles. The van der Waals surface area contributed by atoms with Crippen LogP contribution >= 0.6 is 23.2 Å². The fourth-order valence-electron chi connectivity index (χ4n) is 1.82. The highest BCUT2D eigenvalue weighted by Crippen LogP contribution is 2.27. The molecule has 2 aromatic carbocycles. The van der Waals surface area contributed by atoms with Gasteiger partial charge in [0.2, 0.25) is 0 Å². The average molecular weight is 324 g/mol. The molecule has 110 valence electrons. The van der Waals surface area contributed by atoms with E-state index in [1.165, 1.54) is 0 Å². The summed E-state index contributed by atoms with van der Waals surface area (Å²) in [4.78, 5) is 11.9. The predicted octanol–water partition coefficient (Wildman–Crippen LogP) is 4.66. The number of hydrogen-bond donors (Lipinski definition) is 1. The molecular formula is C16H15Cl2NO2. The second-order valence-electron chi connectivity index (χ2n) is 4.49. The van der Waals surface area contributed by atoms with Gasteiger partial charge in [-0.3, -0.25) is 4.79 Å². The number of benzene rings is 2. The molecule has 0 bridgehead atoms. The standard InChI is InChI=1S/C16H15Cl2NO2/c1-11(17)14-4-2-3-5-15(14)19-16(20)10-21-13-8-6-12(18)7-9-13/h2-9,11H,10H2,1H3,(H,19,20). The number of halogens is 2. The summed E-state index contributed by atoms with van der Waals surface area (Å²) in [6, 6.07) is 14.3. The van der Waals surface area contributed by atoms with Crippen LogP contribution in [0.5, 0.6) is 5.75 Å². The normalized spacial score (nSPS) is 11.8. The lowest BCUT2D eigenvalue weighted by Gasteiger charge is -2.13. The number of carbonyl (C=O) groups is 1. The second kappa shape index (κ2) is 7.34. The van der Waals surface area contributed by atoms with Gasteiger partial charge in [0, 0.05) is 10.7 Å². The maximum absolute atomic E-state index is 11.9. The molecular weight excluding hydrogens is 309 g/mol. The zero-order valence-corrected chi connectivity index (χ0v) is 13.0. The maximum Gasteiger partial charge on any atom is 0.262 e. The van der Waals surface area contributed by atoms with Crippen molar-refractivity contribution in [1.29, 1.82) is 0 Å². The van der Waals surface area contributed by atoms with Crippen LogP contribution in [0.4, 0.5) is 5.69 Å². The molecule has 3 nitrogen and oxygen atoms in total. The van der Waals surface area contributed by atoms with Gasteiger partial charge in [0.05, 0.1) is 5.38 Å². The quantitative estimate of drug-likeness (QED) is 0.813. The molecule has 1 amide bonds. The predicted molar refractivity (Wildman–Crippen MR) is 86.3 cm³/mol. The van der Waals surface area contributed by atoms with Crippen molar-refractivity contribution in [2.45, 2.75) is 12.3 Å². The number of para-hydroxylation sites is 1. The van der Waals surface area contributed by atoms with Crippen molar-refractivity contribution >= 4 is 34.8 Å². The summed E-state index contributed by atoms with van der Waals surface area (Å²) in [5, 5.41) is 3.24. The van der Waals surface area contributed by atoms with Gasteiger partial charge in [-0.1, -0.05) is 29.8 Å².